The van der Waals surface area contributed by atoms with Crippen molar-refractivity contribution in [3.05, 3.63) is 60.6 Å². The molecule has 0 radical (unpaired) electrons. The average Bonchev–Trinajstić information content (AvgIpc) is 2.78. The zero-order chi connectivity index (χ0) is 21.6. The fourth-order valence-electron chi connectivity index (χ4n) is 3.46. The SMILES string of the molecule is Cc1ccc(NC(=O)CN2CCN(C)CC2)cc1Nc1nccc(-c2cccnc2)n1. The third kappa shape index (κ3) is 5.62. The second kappa shape index (κ2) is 9.63. The van der Waals surface area contributed by atoms with Gasteiger partial charge in [0, 0.05) is 61.7 Å². The maximum Gasteiger partial charge on any atom is 0.238 e. The summed E-state index contributed by atoms with van der Waals surface area (Å²) < 4.78 is 0. The van der Waals surface area contributed by atoms with Gasteiger partial charge in [0.15, 0.2) is 0 Å². The van der Waals surface area contributed by atoms with Crippen molar-refractivity contribution >= 4 is 23.2 Å². The standard InChI is InChI=1S/C23H27N7O/c1-17-5-6-19(26-22(31)16-30-12-10-29(2)11-13-30)14-21(17)28-23-25-9-7-20(27-23)18-4-3-8-24-15-18/h3-9,14-15H,10-13,16H2,1-2H3,(H,26,31)(H,25,27,28). The highest BCUT2D eigenvalue weighted by Crippen LogP contribution is 2.24. The maximum absolute atomic E-state index is 12.5. The Morgan fingerprint density at radius 3 is 2.71 bits per heavy atom. The maximum atomic E-state index is 12.5. The van der Waals surface area contributed by atoms with E-state index in [1.54, 1.807) is 18.6 Å². The van der Waals surface area contributed by atoms with Crippen molar-refractivity contribution in [2.45, 2.75) is 6.92 Å². The van der Waals surface area contributed by atoms with Crippen LogP contribution in [0.3, 0.4) is 0 Å². The first-order chi connectivity index (χ1) is 15.1. The number of benzene rings is 1. The highest BCUT2D eigenvalue weighted by Gasteiger charge is 2.16. The van der Waals surface area contributed by atoms with Gasteiger partial charge >= 0.3 is 0 Å². The van der Waals surface area contributed by atoms with Crippen molar-refractivity contribution in [2.75, 3.05) is 50.4 Å². The molecule has 0 aliphatic carbocycles. The number of hydrogen-bond acceptors (Lipinski definition) is 7. The van der Waals surface area contributed by atoms with Crippen LogP contribution in [-0.4, -0.2) is 70.4 Å². The summed E-state index contributed by atoms with van der Waals surface area (Å²) in [5, 5.41) is 6.28. The average molecular weight is 418 g/mol. The topological polar surface area (TPSA) is 86.3 Å². The molecule has 1 aliphatic rings. The Bertz CT molecular complexity index is 1030. The molecule has 160 valence electrons. The Morgan fingerprint density at radius 2 is 1.94 bits per heavy atom. The highest BCUT2D eigenvalue weighted by atomic mass is 16.2. The molecule has 4 rings (SSSR count). The van der Waals surface area contributed by atoms with E-state index in [0.29, 0.717) is 12.5 Å². The number of anilines is 3. The van der Waals surface area contributed by atoms with E-state index in [0.717, 1.165) is 54.4 Å². The number of hydrogen-bond donors (Lipinski definition) is 2. The van der Waals surface area contributed by atoms with E-state index in [1.165, 1.54) is 0 Å². The smallest absolute Gasteiger partial charge is 0.238 e. The van der Waals surface area contributed by atoms with E-state index in [4.69, 9.17) is 0 Å². The quantitative estimate of drug-likeness (QED) is 0.638. The summed E-state index contributed by atoms with van der Waals surface area (Å²) in [5.41, 5.74) is 4.35. The molecule has 0 spiro atoms. The Morgan fingerprint density at radius 1 is 1.10 bits per heavy atom. The summed E-state index contributed by atoms with van der Waals surface area (Å²) in [5.74, 6) is 0.486. The zero-order valence-corrected chi connectivity index (χ0v) is 17.9. The molecule has 1 amide bonds. The van der Waals surface area contributed by atoms with Crippen LogP contribution in [0.2, 0.25) is 0 Å². The van der Waals surface area contributed by atoms with Crippen molar-refractivity contribution in [2.24, 2.45) is 0 Å². The molecule has 1 aliphatic heterocycles. The molecule has 0 atom stereocenters. The molecule has 8 heteroatoms. The van der Waals surface area contributed by atoms with E-state index < -0.39 is 0 Å². The number of aryl methyl sites for hydroxylation is 1. The number of carbonyl (C=O) groups is 1. The van der Waals surface area contributed by atoms with Crippen LogP contribution in [0.25, 0.3) is 11.3 Å². The second-order valence-corrected chi connectivity index (χ2v) is 7.79. The van der Waals surface area contributed by atoms with Crippen LogP contribution in [0.15, 0.2) is 55.0 Å². The Balaban J connectivity index is 1.43. The summed E-state index contributed by atoms with van der Waals surface area (Å²) in [7, 11) is 2.11. The van der Waals surface area contributed by atoms with Gasteiger partial charge in [-0.2, -0.15) is 0 Å². The normalized spacial score (nSPS) is 14.9. The molecule has 1 saturated heterocycles. The van der Waals surface area contributed by atoms with Gasteiger partial charge in [-0.15, -0.1) is 0 Å². The largest absolute Gasteiger partial charge is 0.325 e. The third-order valence-electron chi connectivity index (χ3n) is 5.34. The van der Waals surface area contributed by atoms with Gasteiger partial charge in [-0.25, -0.2) is 9.97 Å². The molecule has 1 aromatic carbocycles. The number of amides is 1. The highest BCUT2D eigenvalue weighted by molar-refractivity contribution is 5.93. The molecular formula is C23H27N7O. The number of piperazine rings is 1. The van der Waals surface area contributed by atoms with Crippen LogP contribution in [0.1, 0.15) is 5.56 Å². The number of nitrogens with one attached hydrogen (secondary N) is 2. The molecule has 0 saturated carbocycles. The van der Waals surface area contributed by atoms with E-state index in [9.17, 15) is 4.79 Å². The van der Waals surface area contributed by atoms with Gasteiger partial charge in [0.05, 0.1) is 12.2 Å². The van der Waals surface area contributed by atoms with Crippen LogP contribution < -0.4 is 10.6 Å². The minimum Gasteiger partial charge on any atom is -0.325 e. The molecule has 2 N–H and O–H groups in total. The first kappa shape index (κ1) is 20.9. The number of aromatic nitrogens is 3. The predicted octanol–water partition coefficient (Wildman–Crippen LogP) is 2.78. The summed E-state index contributed by atoms with van der Waals surface area (Å²) in [4.78, 5) is 30.0. The molecular weight excluding hydrogens is 390 g/mol. The van der Waals surface area contributed by atoms with Crippen LogP contribution >= 0.6 is 0 Å². The van der Waals surface area contributed by atoms with Crippen LogP contribution in [0.4, 0.5) is 17.3 Å². The molecule has 0 bridgehead atoms. The fourth-order valence-corrected chi connectivity index (χ4v) is 3.46. The number of carbonyl (C=O) groups excluding carboxylic acids is 1. The summed E-state index contributed by atoms with van der Waals surface area (Å²) in [6.07, 6.45) is 5.22. The minimum absolute atomic E-state index is 0.00539. The Kier molecular flexibility index (Phi) is 6.49. The molecule has 0 unspecified atom stereocenters. The summed E-state index contributed by atoms with van der Waals surface area (Å²) in [6.45, 7) is 6.21. The molecule has 2 aromatic heterocycles. The van der Waals surface area contributed by atoms with Gasteiger partial charge in [0.1, 0.15) is 0 Å². The van der Waals surface area contributed by atoms with Crippen molar-refractivity contribution in [1.29, 1.82) is 0 Å². The van der Waals surface area contributed by atoms with Gasteiger partial charge in [-0.1, -0.05) is 6.07 Å². The Hall–Kier alpha value is -3.36. The van der Waals surface area contributed by atoms with Gasteiger partial charge < -0.3 is 15.5 Å². The van der Waals surface area contributed by atoms with Crippen molar-refractivity contribution in [3.8, 4) is 11.3 Å². The van der Waals surface area contributed by atoms with E-state index in [2.05, 4.69) is 42.4 Å². The van der Waals surface area contributed by atoms with Gasteiger partial charge in [0.2, 0.25) is 11.9 Å². The van der Waals surface area contributed by atoms with E-state index in [1.807, 2.05) is 43.3 Å². The summed E-state index contributed by atoms with van der Waals surface area (Å²) >= 11 is 0. The van der Waals surface area contributed by atoms with Crippen molar-refractivity contribution in [3.63, 3.8) is 0 Å². The van der Waals surface area contributed by atoms with Crippen LogP contribution in [0.5, 0.6) is 0 Å². The number of rotatable bonds is 6. The lowest BCUT2D eigenvalue weighted by molar-refractivity contribution is -0.117. The number of nitrogens with zero attached hydrogens (tertiary/aromatic N) is 5. The predicted molar refractivity (Wildman–Crippen MR) is 122 cm³/mol. The molecule has 3 aromatic rings. The first-order valence-corrected chi connectivity index (χ1v) is 10.4. The number of likely N-dealkylation sites (N-methyl/N-ethyl adjacent to an activating group) is 1. The van der Waals surface area contributed by atoms with Crippen LogP contribution in [-0.2, 0) is 4.79 Å². The second-order valence-electron chi connectivity index (χ2n) is 7.79. The molecule has 1 fully saturated rings. The number of pyridine rings is 1. The van der Waals surface area contributed by atoms with Crippen molar-refractivity contribution in [1.82, 2.24) is 24.8 Å². The van der Waals surface area contributed by atoms with E-state index >= 15 is 0 Å². The zero-order valence-electron chi connectivity index (χ0n) is 17.9. The molecule has 8 nitrogen and oxygen atoms in total. The third-order valence-corrected chi connectivity index (χ3v) is 5.34. The fraction of sp³-hybridized carbons (Fsp3) is 0.304. The molecule has 31 heavy (non-hydrogen) atoms. The lowest BCUT2D eigenvalue weighted by atomic mass is 10.1. The summed E-state index contributed by atoms with van der Waals surface area (Å²) in [6, 6.07) is 11.5. The van der Waals surface area contributed by atoms with E-state index in [-0.39, 0.29) is 5.91 Å². The lowest BCUT2D eigenvalue weighted by Crippen LogP contribution is -2.47. The Labute approximate surface area is 182 Å². The van der Waals surface area contributed by atoms with Gasteiger partial charge in [-0.05, 0) is 49.9 Å². The van der Waals surface area contributed by atoms with Gasteiger partial charge in [0.25, 0.3) is 0 Å². The van der Waals surface area contributed by atoms with Gasteiger partial charge in [-0.3, -0.25) is 14.7 Å². The lowest BCUT2D eigenvalue weighted by Gasteiger charge is -2.31. The molecule has 3 heterocycles. The van der Waals surface area contributed by atoms with Crippen LogP contribution in [0, 0.1) is 6.92 Å². The minimum atomic E-state index is -0.00539. The van der Waals surface area contributed by atoms with Crippen molar-refractivity contribution < 1.29 is 4.79 Å². The first-order valence-electron chi connectivity index (χ1n) is 10.4. The monoisotopic (exact) mass is 417 g/mol.